The number of alkyl halides is 6. The number of hydrogen-bond donors (Lipinski definition) is 2. The van der Waals surface area contributed by atoms with E-state index in [9.17, 15) is 41.0 Å². The molecule has 14 heteroatoms. The van der Waals surface area contributed by atoms with Crippen LogP contribution < -0.4 is 15.2 Å². The first kappa shape index (κ1) is 41.7. The molecular formula is C39H49F6N3O5. The lowest BCUT2D eigenvalue weighted by Gasteiger charge is -2.40. The van der Waals surface area contributed by atoms with E-state index in [0.29, 0.717) is 11.8 Å². The van der Waals surface area contributed by atoms with Gasteiger partial charge >= 0.3 is 18.3 Å². The monoisotopic (exact) mass is 753 g/mol. The molecule has 0 aliphatic carbocycles. The number of benzene rings is 3. The minimum atomic E-state index is -4.83. The van der Waals surface area contributed by atoms with Gasteiger partial charge in [-0.2, -0.15) is 26.3 Å². The number of ether oxygens (including phenoxy) is 2. The molecule has 3 aromatic rings. The summed E-state index contributed by atoms with van der Waals surface area (Å²) in [6, 6.07) is 16.5. The van der Waals surface area contributed by atoms with Crippen LogP contribution >= 0.6 is 0 Å². The van der Waals surface area contributed by atoms with Gasteiger partial charge in [-0.15, -0.1) is 0 Å². The van der Waals surface area contributed by atoms with Crippen LogP contribution in [0, 0.1) is 10.8 Å². The van der Waals surface area contributed by atoms with Crippen molar-refractivity contribution in [2.45, 2.75) is 71.1 Å². The number of piperidine rings is 2. The highest BCUT2D eigenvalue weighted by Gasteiger charge is 2.60. The molecule has 0 unspecified atom stereocenters. The lowest BCUT2D eigenvalue weighted by molar-refractivity contribution is -0.234. The lowest BCUT2D eigenvalue weighted by Crippen LogP contribution is -2.56. The van der Waals surface area contributed by atoms with Crippen LogP contribution in [0.15, 0.2) is 48.5 Å². The van der Waals surface area contributed by atoms with Crippen LogP contribution in [-0.4, -0.2) is 92.6 Å². The van der Waals surface area contributed by atoms with Gasteiger partial charge in [-0.1, -0.05) is 56.3 Å². The van der Waals surface area contributed by atoms with E-state index < -0.39 is 62.1 Å². The van der Waals surface area contributed by atoms with Gasteiger partial charge in [0.1, 0.15) is 16.9 Å². The van der Waals surface area contributed by atoms with E-state index in [1.807, 2.05) is 24.3 Å². The van der Waals surface area contributed by atoms with Gasteiger partial charge in [0.2, 0.25) is 5.91 Å². The van der Waals surface area contributed by atoms with Crippen molar-refractivity contribution in [1.29, 1.82) is 0 Å². The summed E-state index contributed by atoms with van der Waals surface area (Å²) < 4.78 is 86.4. The Balaban J connectivity index is 0.000000294. The average molecular weight is 754 g/mol. The number of carbonyl (C=O) groups is 2. The zero-order valence-corrected chi connectivity index (χ0v) is 30.6. The van der Waals surface area contributed by atoms with E-state index in [0.717, 1.165) is 69.9 Å². The Hall–Kier alpha value is -4.04. The third kappa shape index (κ3) is 10.3. The number of amides is 1. The molecule has 3 N–H and O–H groups in total. The predicted molar refractivity (Wildman–Crippen MR) is 191 cm³/mol. The zero-order valence-electron chi connectivity index (χ0n) is 30.6. The molecule has 2 saturated heterocycles. The Morgan fingerprint density at radius 3 is 1.94 bits per heavy atom. The summed E-state index contributed by atoms with van der Waals surface area (Å²) in [7, 11) is 3.42. The number of hydrogen-bond acceptors (Lipinski definition) is 6. The SMILES string of the molecule is COc1ccc(CCN2CCC(C)(C)CC2)c(OC)c1-c1cccc2c(CCC(=O)O)cccc12.NC(=O)C1(C(F)(F)F)CCN(CC(F)(F)F)CC1. The molecule has 2 aliphatic heterocycles. The number of nitrogens with two attached hydrogens (primary N) is 1. The number of halogens is 6. The van der Waals surface area contributed by atoms with E-state index in [1.54, 1.807) is 14.2 Å². The summed E-state index contributed by atoms with van der Waals surface area (Å²) in [5.41, 5.74) is 6.70. The fraction of sp³-hybridized carbons (Fsp3) is 0.538. The van der Waals surface area contributed by atoms with Crippen molar-refractivity contribution in [1.82, 2.24) is 9.80 Å². The van der Waals surface area contributed by atoms with Crippen LogP contribution in [0.4, 0.5) is 26.3 Å². The second kappa shape index (κ2) is 17.0. The zero-order chi connectivity index (χ0) is 39.2. The summed E-state index contributed by atoms with van der Waals surface area (Å²) in [5.74, 6) is -0.688. The average Bonchev–Trinajstić information content (AvgIpc) is 3.08. The van der Waals surface area contributed by atoms with Gasteiger partial charge in [0, 0.05) is 13.0 Å². The molecule has 0 radical (unpaired) electrons. The minimum absolute atomic E-state index is 0.110. The summed E-state index contributed by atoms with van der Waals surface area (Å²) in [6.45, 7) is 5.82. The predicted octanol–water partition coefficient (Wildman–Crippen LogP) is 7.88. The summed E-state index contributed by atoms with van der Waals surface area (Å²) >= 11 is 0. The van der Waals surface area contributed by atoms with Crippen molar-refractivity contribution in [2.75, 3.05) is 53.5 Å². The number of carboxylic acids is 1. The maximum Gasteiger partial charge on any atom is 0.403 e. The fourth-order valence-corrected chi connectivity index (χ4v) is 7.19. The summed E-state index contributed by atoms with van der Waals surface area (Å²) in [4.78, 5) is 25.5. The Morgan fingerprint density at radius 1 is 0.792 bits per heavy atom. The standard InChI is InChI=1S/C30H37NO4.C9H12F6N2O/c1-30(2)16-19-31(20-17-30)18-15-22-11-13-26(34-3)28(29(22)35-4)25-10-6-8-23-21(12-14-27(32)33)7-5-9-24(23)25;10-8(11,12)5-17-3-1-7(2-4-17,6(16)18)9(13,14)15/h5-11,13H,12,14-20H2,1-4H3,(H,32,33);1-5H2,(H2,16,18). The molecule has 53 heavy (non-hydrogen) atoms. The van der Waals surface area contributed by atoms with E-state index in [-0.39, 0.29) is 6.42 Å². The molecule has 0 saturated carbocycles. The van der Waals surface area contributed by atoms with Crippen LogP contribution in [0.1, 0.15) is 57.1 Å². The highest BCUT2D eigenvalue weighted by atomic mass is 19.4. The highest BCUT2D eigenvalue weighted by molar-refractivity contribution is 6.01. The molecule has 0 bridgehead atoms. The molecule has 3 aromatic carbocycles. The first-order chi connectivity index (χ1) is 24.8. The molecular weight excluding hydrogens is 704 g/mol. The lowest BCUT2D eigenvalue weighted by atomic mass is 9.77. The molecule has 0 spiro atoms. The van der Waals surface area contributed by atoms with Gasteiger partial charge in [-0.3, -0.25) is 14.5 Å². The third-order valence-corrected chi connectivity index (χ3v) is 10.5. The minimum Gasteiger partial charge on any atom is -0.496 e. The van der Waals surface area contributed by atoms with Crippen molar-refractivity contribution >= 4 is 22.6 Å². The highest BCUT2D eigenvalue weighted by Crippen LogP contribution is 2.47. The Bertz CT molecular complexity index is 1720. The molecule has 292 valence electrons. The normalized spacial score (nSPS) is 17.8. The molecule has 2 heterocycles. The van der Waals surface area contributed by atoms with E-state index in [2.05, 4.69) is 43.0 Å². The van der Waals surface area contributed by atoms with Gasteiger partial charge in [0.15, 0.2) is 0 Å². The number of fused-ring (bicyclic) bond motifs is 1. The van der Waals surface area contributed by atoms with Crippen molar-refractivity contribution in [3.63, 3.8) is 0 Å². The number of carbonyl (C=O) groups excluding carboxylic acids is 1. The number of carboxylic acid groups (broad SMARTS) is 1. The van der Waals surface area contributed by atoms with Gasteiger partial charge in [-0.25, -0.2) is 0 Å². The van der Waals surface area contributed by atoms with E-state index >= 15 is 0 Å². The maximum absolute atomic E-state index is 12.8. The van der Waals surface area contributed by atoms with E-state index in [1.165, 1.54) is 18.4 Å². The Kier molecular flexibility index (Phi) is 13.4. The van der Waals surface area contributed by atoms with Gasteiger partial charge in [-0.05, 0) is 104 Å². The molecule has 1 amide bonds. The van der Waals surface area contributed by atoms with Gasteiger partial charge < -0.3 is 25.2 Å². The van der Waals surface area contributed by atoms with Crippen molar-refractivity contribution in [2.24, 2.45) is 16.6 Å². The number of aryl methyl sites for hydroxylation is 1. The largest absolute Gasteiger partial charge is 0.496 e. The smallest absolute Gasteiger partial charge is 0.403 e. The van der Waals surface area contributed by atoms with Gasteiger partial charge in [0.25, 0.3) is 0 Å². The second-order valence-corrected chi connectivity index (χ2v) is 14.6. The molecule has 2 fully saturated rings. The first-order valence-corrected chi connectivity index (χ1v) is 17.7. The molecule has 2 aliphatic rings. The van der Waals surface area contributed by atoms with Crippen LogP contribution in [0.2, 0.25) is 0 Å². The number of aliphatic carboxylic acids is 1. The van der Waals surface area contributed by atoms with Crippen molar-refractivity contribution in [3.05, 3.63) is 59.7 Å². The number of primary amides is 1. The van der Waals surface area contributed by atoms with Crippen molar-refractivity contribution in [3.8, 4) is 22.6 Å². The number of nitrogens with zero attached hydrogens (tertiary/aromatic N) is 2. The maximum atomic E-state index is 12.8. The van der Waals surface area contributed by atoms with Crippen LogP contribution in [0.25, 0.3) is 21.9 Å². The Labute approximate surface area is 306 Å². The van der Waals surface area contributed by atoms with Gasteiger partial charge in [0.05, 0.1) is 26.3 Å². The first-order valence-electron chi connectivity index (χ1n) is 17.7. The number of likely N-dealkylation sites (tertiary alicyclic amines) is 2. The number of rotatable bonds is 11. The fourth-order valence-electron chi connectivity index (χ4n) is 7.19. The molecule has 0 atom stereocenters. The van der Waals surface area contributed by atoms with Crippen LogP contribution in [-0.2, 0) is 22.4 Å². The Morgan fingerprint density at radius 2 is 1.40 bits per heavy atom. The second-order valence-electron chi connectivity index (χ2n) is 14.6. The topological polar surface area (TPSA) is 105 Å². The van der Waals surface area contributed by atoms with Crippen LogP contribution in [0.5, 0.6) is 11.5 Å². The van der Waals surface area contributed by atoms with E-state index in [4.69, 9.17) is 15.2 Å². The summed E-state index contributed by atoms with van der Waals surface area (Å²) in [5, 5.41) is 11.3. The number of methoxy groups -OCH3 is 2. The third-order valence-electron chi connectivity index (χ3n) is 10.5. The summed E-state index contributed by atoms with van der Waals surface area (Å²) in [6.07, 6.45) is -6.78. The molecule has 8 nitrogen and oxygen atoms in total. The quantitative estimate of drug-likeness (QED) is 0.192. The van der Waals surface area contributed by atoms with Crippen molar-refractivity contribution < 1.29 is 50.5 Å². The van der Waals surface area contributed by atoms with Crippen LogP contribution in [0.3, 0.4) is 0 Å². The molecule has 0 aromatic heterocycles. The molecule has 5 rings (SSSR count).